The minimum absolute atomic E-state index is 0.0767. The van der Waals surface area contributed by atoms with E-state index in [2.05, 4.69) is 43.2 Å². The highest BCUT2D eigenvalue weighted by Gasteiger charge is 2.27. The fourth-order valence-electron chi connectivity index (χ4n) is 2.12. The van der Waals surface area contributed by atoms with Crippen LogP contribution in [0.15, 0.2) is 17.5 Å². The molecular weight excluding hydrogens is 230 g/mol. The average molecular weight is 255 g/mol. The van der Waals surface area contributed by atoms with Crippen LogP contribution < -0.4 is 0 Å². The molecule has 0 unspecified atom stereocenters. The van der Waals surface area contributed by atoms with Crippen LogP contribution in [0.3, 0.4) is 0 Å². The molecule has 0 atom stereocenters. The van der Waals surface area contributed by atoms with Gasteiger partial charge in [-0.25, -0.2) is 0 Å². The molecule has 0 saturated heterocycles. The monoisotopic (exact) mass is 255 g/mol. The molecule has 2 nitrogen and oxygen atoms in total. The molecule has 1 rings (SSSR count). The Kier molecular flexibility index (Phi) is 6.17. The third kappa shape index (κ3) is 4.09. The first-order valence-corrected chi connectivity index (χ1v) is 7.43. The molecule has 17 heavy (non-hydrogen) atoms. The van der Waals surface area contributed by atoms with E-state index in [1.807, 2.05) is 11.3 Å². The largest absolute Gasteiger partial charge is 0.396 e. The van der Waals surface area contributed by atoms with E-state index in [1.165, 1.54) is 4.88 Å². The Morgan fingerprint density at radius 3 is 2.41 bits per heavy atom. The lowest BCUT2D eigenvalue weighted by atomic mass is 9.82. The highest BCUT2D eigenvalue weighted by Crippen LogP contribution is 2.27. The summed E-state index contributed by atoms with van der Waals surface area (Å²) in [6, 6.07) is 4.29. The van der Waals surface area contributed by atoms with Crippen molar-refractivity contribution in [2.45, 2.75) is 40.2 Å². The van der Waals surface area contributed by atoms with Crippen LogP contribution in [0, 0.1) is 5.41 Å². The molecule has 3 heteroatoms. The summed E-state index contributed by atoms with van der Waals surface area (Å²) >= 11 is 1.81. The number of aliphatic hydroxyl groups is 1. The Bertz CT molecular complexity index is 285. The maximum atomic E-state index is 9.62. The molecule has 1 N–H and O–H groups in total. The fourth-order valence-corrected chi connectivity index (χ4v) is 2.87. The van der Waals surface area contributed by atoms with E-state index in [4.69, 9.17) is 0 Å². The van der Waals surface area contributed by atoms with Crippen molar-refractivity contribution in [2.75, 3.05) is 19.7 Å². The van der Waals surface area contributed by atoms with Crippen molar-refractivity contribution in [3.05, 3.63) is 22.4 Å². The summed E-state index contributed by atoms with van der Waals surface area (Å²) < 4.78 is 0. The Morgan fingerprint density at radius 1 is 1.29 bits per heavy atom. The van der Waals surface area contributed by atoms with Gasteiger partial charge in [-0.1, -0.05) is 26.8 Å². The predicted molar refractivity (Wildman–Crippen MR) is 75.4 cm³/mol. The van der Waals surface area contributed by atoms with Crippen LogP contribution >= 0.6 is 11.3 Å². The number of aliphatic hydroxyl groups excluding tert-OH is 1. The van der Waals surface area contributed by atoms with E-state index in [-0.39, 0.29) is 5.41 Å². The molecule has 0 bridgehead atoms. The van der Waals surface area contributed by atoms with Gasteiger partial charge in [-0.05, 0) is 30.8 Å². The van der Waals surface area contributed by atoms with Crippen molar-refractivity contribution in [1.82, 2.24) is 4.90 Å². The number of thiophene rings is 1. The number of rotatable bonds is 8. The molecule has 0 fully saturated rings. The fraction of sp³-hybridized carbons (Fsp3) is 0.714. The van der Waals surface area contributed by atoms with E-state index < -0.39 is 0 Å². The normalized spacial score (nSPS) is 12.3. The minimum atomic E-state index is 0.0767. The second-order valence-electron chi connectivity index (χ2n) is 4.75. The lowest BCUT2D eigenvalue weighted by molar-refractivity contribution is 0.0651. The molecule has 1 aromatic heterocycles. The molecule has 0 aliphatic rings. The zero-order valence-corrected chi connectivity index (χ0v) is 12.1. The maximum Gasteiger partial charge on any atom is 0.0499 e. The summed E-state index contributed by atoms with van der Waals surface area (Å²) in [7, 11) is 0. The Labute approximate surface area is 109 Å². The van der Waals surface area contributed by atoms with E-state index >= 15 is 0 Å². The molecule has 98 valence electrons. The molecule has 0 saturated carbocycles. The summed E-state index contributed by atoms with van der Waals surface area (Å²) in [5.74, 6) is 0. The van der Waals surface area contributed by atoms with Gasteiger partial charge < -0.3 is 5.11 Å². The van der Waals surface area contributed by atoms with Gasteiger partial charge in [0.2, 0.25) is 0 Å². The minimum Gasteiger partial charge on any atom is -0.396 e. The van der Waals surface area contributed by atoms with Crippen molar-refractivity contribution in [1.29, 1.82) is 0 Å². The van der Waals surface area contributed by atoms with Crippen molar-refractivity contribution < 1.29 is 5.11 Å². The van der Waals surface area contributed by atoms with Crippen LogP contribution in [-0.4, -0.2) is 29.7 Å². The molecule has 0 amide bonds. The summed E-state index contributed by atoms with van der Waals surface area (Å²) in [6.07, 6.45) is 2.09. The Balaban J connectivity index is 2.61. The molecule has 1 aromatic rings. The van der Waals surface area contributed by atoms with Gasteiger partial charge in [0.25, 0.3) is 0 Å². The van der Waals surface area contributed by atoms with Crippen molar-refractivity contribution >= 4 is 11.3 Å². The zero-order chi connectivity index (χ0) is 12.7. The lowest BCUT2D eigenvalue weighted by Crippen LogP contribution is -2.39. The quantitative estimate of drug-likeness (QED) is 0.770. The Hall–Kier alpha value is -0.380. The van der Waals surface area contributed by atoms with Gasteiger partial charge in [0.15, 0.2) is 0 Å². The maximum absolute atomic E-state index is 9.62. The lowest BCUT2D eigenvalue weighted by Gasteiger charge is -2.35. The third-order valence-corrected chi connectivity index (χ3v) is 4.66. The molecule has 1 heterocycles. The summed E-state index contributed by atoms with van der Waals surface area (Å²) in [5, 5.41) is 11.8. The van der Waals surface area contributed by atoms with Crippen LogP contribution in [0.1, 0.15) is 38.5 Å². The van der Waals surface area contributed by atoms with Crippen LogP contribution in [0.5, 0.6) is 0 Å². The number of nitrogens with zero attached hydrogens (tertiary/aromatic N) is 1. The predicted octanol–water partition coefficient (Wildman–Crippen LogP) is 3.37. The van der Waals surface area contributed by atoms with Gasteiger partial charge in [-0.15, -0.1) is 11.3 Å². The van der Waals surface area contributed by atoms with E-state index in [9.17, 15) is 5.11 Å². The van der Waals surface area contributed by atoms with E-state index in [0.29, 0.717) is 6.61 Å². The topological polar surface area (TPSA) is 23.5 Å². The highest BCUT2D eigenvalue weighted by molar-refractivity contribution is 7.09. The molecule has 0 spiro atoms. The first-order valence-electron chi connectivity index (χ1n) is 6.55. The second kappa shape index (κ2) is 7.14. The Morgan fingerprint density at radius 2 is 2.00 bits per heavy atom. The molecule has 0 radical (unpaired) electrons. The van der Waals surface area contributed by atoms with Crippen LogP contribution in [0.25, 0.3) is 0 Å². The molecular formula is C14H25NOS. The smallest absolute Gasteiger partial charge is 0.0499 e. The van der Waals surface area contributed by atoms with Crippen molar-refractivity contribution in [3.8, 4) is 0 Å². The molecule has 0 aromatic carbocycles. The molecule has 0 aliphatic heterocycles. The zero-order valence-electron chi connectivity index (χ0n) is 11.3. The summed E-state index contributed by atoms with van der Waals surface area (Å²) in [5.41, 5.74) is 0.0767. The first-order chi connectivity index (χ1) is 8.19. The second-order valence-corrected chi connectivity index (χ2v) is 5.78. The van der Waals surface area contributed by atoms with Gasteiger partial charge in [-0.2, -0.15) is 0 Å². The highest BCUT2D eigenvalue weighted by atomic mass is 32.1. The van der Waals surface area contributed by atoms with E-state index in [1.54, 1.807) is 0 Å². The van der Waals surface area contributed by atoms with Crippen molar-refractivity contribution in [3.63, 3.8) is 0 Å². The SMILES string of the molecule is CCN(Cc1cccs1)CC(CC)(CC)CO. The van der Waals surface area contributed by atoms with Crippen LogP contribution in [-0.2, 0) is 6.54 Å². The number of hydrogen-bond acceptors (Lipinski definition) is 3. The van der Waals surface area contributed by atoms with Crippen molar-refractivity contribution in [2.24, 2.45) is 5.41 Å². The van der Waals surface area contributed by atoms with Gasteiger partial charge in [0.05, 0.1) is 0 Å². The van der Waals surface area contributed by atoms with Crippen LogP contribution in [0.2, 0.25) is 0 Å². The molecule has 0 aliphatic carbocycles. The number of hydrogen-bond donors (Lipinski definition) is 1. The average Bonchev–Trinajstić information content (AvgIpc) is 2.87. The summed E-state index contributed by atoms with van der Waals surface area (Å²) in [4.78, 5) is 3.85. The van der Waals surface area contributed by atoms with Crippen LogP contribution in [0.4, 0.5) is 0 Å². The van der Waals surface area contributed by atoms with Gasteiger partial charge in [0.1, 0.15) is 0 Å². The van der Waals surface area contributed by atoms with Gasteiger partial charge in [-0.3, -0.25) is 4.90 Å². The summed E-state index contributed by atoms with van der Waals surface area (Å²) in [6.45, 7) is 9.89. The van der Waals surface area contributed by atoms with Gasteiger partial charge >= 0.3 is 0 Å². The third-order valence-electron chi connectivity index (χ3n) is 3.80. The van der Waals surface area contributed by atoms with E-state index in [0.717, 1.165) is 32.5 Å². The standard InChI is InChI=1S/C14H25NOS/c1-4-14(5-2,12-16)11-15(6-3)10-13-8-7-9-17-13/h7-9,16H,4-6,10-12H2,1-3H3. The van der Waals surface area contributed by atoms with Gasteiger partial charge in [0, 0.05) is 30.0 Å². The first kappa shape index (κ1) is 14.7.